The standard InChI is InChI=1S/C22H24N2O4/c1-24(19-5-3-2-4-6-19)20(25)13-15-7-11-18(12-8-15)23-21(26)16-9-10-17(14-16)22(27)28/h2-8,11-12,16-17H,9-10,13-14H2,1H3,(H,23,26)(H,27,28)/t16-,17+/m1/s1. The highest BCUT2D eigenvalue weighted by Crippen LogP contribution is 2.32. The van der Waals surface area contributed by atoms with Gasteiger partial charge in [-0.25, -0.2) is 0 Å². The van der Waals surface area contributed by atoms with Crippen molar-refractivity contribution < 1.29 is 19.5 Å². The van der Waals surface area contributed by atoms with Crippen LogP contribution in [0.2, 0.25) is 0 Å². The fourth-order valence-electron chi connectivity index (χ4n) is 3.48. The Balaban J connectivity index is 1.54. The molecule has 1 aliphatic rings. The van der Waals surface area contributed by atoms with Crippen molar-refractivity contribution in [2.45, 2.75) is 25.7 Å². The summed E-state index contributed by atoms with van der Waals surface area (Å²) in [6.07, 6.45) is 1.80. The predicted octanol–water partition coefficient (Wildman–Crippen LogP) is 3.33. The van der Waals surface area contributed by atoms with Crippen LogP contribution in [-0.2, 0) is 20.8 Å². The molecule has 0 spiro atoms. The van der Waals surface area contributed by atoms with E-state index in [2.05, 4.69) is 5.32 Å². The third-order valence-electron chi connectivity index (χ3n) is 5.25. The molecule has 0 bridgehead atoms. The van der Waals surface area contributed by atoms with Crippen LogP contribution < -0.4 is 10.2 Å². The fraction of sp³-hybridized carbons (Fsp3) is 0.318. The number of rotatable bonds is 6. The zero-order chi connectivity index (χ0) is 20.1. The Labute approximate surface area is 164 Å². The molecule has 0 radical (unpaired) electrons. The van der Waals surface area contributed by atoms with Crippen LogP contribution in [0.15, 0.2) is 54.6 Å². The number of hydrogen-bond acceptors (Lipinski definition) is 3. The van der Waals surface area contributed by atoms with Gasteiger partial charge in [0, 0.05) is 24.3 Å². The molecule has 1 fully saturated rings. The van der Waals surface area contributed by atoms with Gasteiger partial charge >= 0.3 is 5.97 Å². The number of carboxylic acids is 1. The number of para-hydroxylation sites is 1. The molecule has 2 aromatic carbocycles. The lowest BCUT2D eigenvalue weighted by Crippen LogP contribution is -2.27. The summed E-state index contributed by atoms with van der Waals surface area (Å²) >= 11 is 0. The summed E-state index contributed by atoms with van der Waals surface area (Å²) in [5.41, 5.74) is 2.35. The Bertz CT molecular complexity index is 849. The van der Waals surface area contributed by atoms with Crippen LogP contribution >= 0.6 is 0 Å². The lowest BCUT2D eigenvalue weighted by molar-refractivity contribution is -0.141. The number of carboxylic acid groups (broad SMARTS) is 1. The number of carbonyl (C=O) groups excluding carboxylic acids is 2. The van der Waals surface area contributed by atoms with Crippen LogP contribution in [0.1, 0.15) is 24.8 Å². The third-order valence-corrected chi connectivity index (χ3v) is 5.25. The van der Waals surface area contributed by atoms with Gasteiger partial charge in [0.25, 0.3) is 0 Å². The van der Waals surface area contributed by atoms with Crippen molar-refractivity contribution in [2.24, 2.45) is 11.8 Å². The van der Waals surface area contributed by atoms with E-state index < -0.39 is 11.9 Å². The van der Waals surface area contributed by atoms with Gasteiger partial charge in [-0.1, -0.05) is 30.3 Å². The predicted molar refractivity (Wildman–Crippen MR) is 107 cm³/mol. The molecule has 0 aliphatic heterocycles. The molecule has 0 saturated heterocycles. The molecule has 6 heteroatoms. The average molecular weight is 380 g/mol. The Hall–Kier alpha value is -3.15. The van der Waals surface area contributed by atoms with Crippen LogP contribution in [0, 0.1) is 11.8 Å². The van der Waals surface area contributed by atoms with Gasteiger partial charge in [0.2, 0.25) is 11.8 Å². The van der Waals surface area contributed by atoms with Crippen molar-refractivity contribution in [3.63, 3.8) is 0 Å². The second-order valence-electron chi connectivity index (χ2n) is 7.20. The van der Waals surface area contributed by atoms with E-state index in [1.165, 1.54) is 0 Å². The molecule has 2 atom stereocenters. The Kier molecular flexibility index (Phi) is 6.09. The minimum atomic E-state index is -0.829. The number of anilines is 2. The molecule has 1 saturated carbocycles. The van der Waals surface area contributed by atoms with Gasteiger partial charge in [0.1, 0.15) is 0 Å². The molecule has 28 heavy (non-hydrogen) atoms. The number of nitrogens with zero attached hydrogens (tertiary/aromatic N) is 1. The van der Waals surface area contributed by atoms with Gasteiger partial charge in [-0.3, -0.25) is 14.4 Å². The monoisotopic (exact) mass is 380 g/mol. The largest absolute Gasteiger partial charge is 0.481 e. The van der Waals surface area contributed by atoms with Gasteiger partial charge in [-0.2, -0.15) is 0 Å². The molecule has 0 unspecified atom stereocenters. The number of nitrogens with one attached hydrogen (secondary N) is 1. The number of amides is 2. The van der Waals surface area contributed by atoms with Crippen LogP contribution in [0.25, 0.3) is 0 Å². The molecule has 0 heterocycles. The molecule has 6 nitrogen and oxygen atoms in total. The second kappa shape index (κ2) is 8.69. The molecular weight excluding hydrogens is 356 g/mol. The van der Waals surface area contributed by atoms with Crippen molar-refractivity contribution in [1.82, 2.24) is 0 Å². The maximum atomic E-state index is 12.4. The molecule has 1 aliphatic carbocycles. The zero-order valence-corrected chi connectivity index (χ0v) is 15.8. The third kappa shape index (κ3) is 4.76. The number of hydrogen-bond donors (Lipinski definition) is 2. The van der Waals surface area contributed by atoms with Gasteiger partial charge in [-0.05, 0) is 49.1 Å². The Morgan fingerprint density at radius 1 is 1.00 bits per heavy atom. The van der Waals surface area contributed by atoms with E-state index in [-0.39, 0.29) is 24.2 Å². The lowest BCUT2D eigenvalue weighted by atomic mass is 10.0. The molecule has 2 N–H and O–H groups in total. The van der Waals surface area contributed by atoms with Crippen molar-refractivity contribution >= 4 is 29.2 Å². The zero-order valence-electron chi connectivity index (χ0n) is 15.8. The maximum Gasteiger partial charge on any atom is 0.306 e. The number of aliphatic carboxylic acids is 1. The van der Waals surface area contributed by atoms with Gasteiger partial charge in [0.15, 0.2) is 0 Å². The average Bonchev–Trinajstić information content (AvgIpc) is 3.20. The topological polar surface area (TPSA) is 86.7 Å². The highest BCUT2D eigenvalue weighted by atomic mass is 16.4. The van der Waals surface area contributed by atoms with E-state index >= 15 is 0 Å². The molecule has 2 aromatic rings. The van der Waals surface area contributed by atoms with E-state index in [0.29, 0.717) is 24.9 Å². The first kappa shape index (κ1) is 19.6. The molecular formula is C22H24N2O4. The summed E-state index contributed by atoms with van der Waals surface area (Å²) in [5, 5.41) is 11.9. The van der Waals surface area contributed by atoms with Crippen LogP contribution in [0.3, 0.4) is 0 Å². The van der Waals surface area contributed by atoms with Crippen molar-refractivity contribution in [3.05, 3.63) is 60.2 Å². The summed E-state index contributed by atoms with van der Waals surface area (Å²) in [7, 11) is 1.75. The molecule has 146 valence electrons. The smallest absolute Gasteiger partial charge is 0.306 e. The SMILES string of the molecule is CN(C(=O)Cc1ccc(NC(=O)[C@@H]2CC[C@H](C(=O)O)C2)cc1)c1ccccc1. The van der Waals surface area contributed by atoms with Gasteiger partial charge < -0.3 is 15.3 Å². The van der Waals surface area contributed by atoms with Crippen molar-refractivity contribution in [3.8, 4) is 0 Å². The van der Waals surface area contributed by atoms with Crippen LogP contribution in [-0.4, -0.2) is 29.9 Å². The maximum absolute atomic E-state index is 12.4. The number of benzene rings is 2. The molecule has 2 amide bonds. The summed E-state index contributed by atoms with van der Waals surface area (Å²) in [6, 6.07) is 16.6. The van der Waals surface area contributed by atoms with Crippen LogP contribution in [0.5, 0.6) is 0 Å². The van der Waals surface area contributed by atoms with E-state index in [1.807, 2.05) is 42.5 Å². The number of carbonyl (C=O) groups is 3. The van der Waals surface area contributed by atoms with E-state index in [1.54, 1.807) is 24.1 Å². The normalized spacial score (nSPS) is 18.5. The van der Waals surface area contributed by atoms with E-state index in [4.69, 9.17) is 5.11 Å². The first-order chi connectivity index (χ1) is 13.4. The summed E-state index contributed by atoms with van der Waals surface area (Å²) in [6.45, 7) is 0. The summed E-state index contributed by atoms with van der Waals surface area (Å²) < 4.78 is 0. The number of likely N-dealkylation sites (N-methyl/N-ethyl adjacent to an activating group) is 1. The fourth-order valence-corrected chi connectivity index (χ4v) is 3.48. The van der Waals surface area contributed by atoms with Gasteiger partial charge in [0.05, 0.1) is 12.3 Å². The van der Waals surface area contributed by atoms with Crippen molar-refractivity contribution in [2.75, 3.05) is 17.3 Å². The second-order valence-corrected chi connectivity index (χ2v) is 7.20. The Morgan fingerprint density at radius 3 is 2.25 bits per heavy atom. The minimum absolute atomic E-state index is 0.0198. The Morgan fingerprint density at radius 2 is 1.64 bits per heavy atom. The first-order valence-corrected chi connectivity index (χ1v) is 9.38. The summed E-state index contributed by atoms with van der Waals surface area (Å²) in [5.74, 6) is -1.68. The quantitative estimate of drug-likeness (QED) is 0.805. The van der Waals surface area contributed by atoms with Crippen LogP contribution in [0.4, 0.5) is 11.4 Å². The first-order valence-electron chi connectivity index (χ1n) is 9.38. The highest BCUT2D eigenvalue weighted by Gasteiger charge is 2.33. The van der Waals surface area contributed by atoms with E-state index in [0.717, 1.165) is 11.3 Å². The van der Waals surface area contributed by atoms with Gasteiger partial charge in [-0.15, -0.1) is 0 Å². The minimum Gasteiger partial charge on any atom is -0.481 e. The van der Waals surface area contributed by atoms with E-state index in [9.17, 15) is 14.4 Å². The molecule has 0 aromatic heterocycles. The molecule has 3 rings (SSSR count). The highest BCUT2D eigenvalue weighted by molar-refractivity contribution is 5.95. The lowest BCUT2D eigenvalue weighted by Gasteiger charge is -2.17. The summed E-state index contributed by atoms with van der Waals surface area (Å²) in [4.78, 5) is 37.4. The van der Waals surface area contributed by atoms with Crippen molar-refractivity contribution in [1.29, 1.82) is 0 Å².